The molecular weight excluding hydrogens is 282 g/mol. The lowest BCUT2D eigenvalue weighted by atomic mass is 9.84. The number of amides is 2. The summed E-state index contributed by atoms with van der Waals surface area (Å²) in [6.07, 6.45) is 6.26. The van der Waals surface area contributed by atoms with E-state index < -0.39 is 6.23 Å². The molecule has 3 rings (SSSR count). The molecule has 1 aromatic rings. The minimum atomic E-state index is -0.968. The minimum absolute atomic E-state index is 0.285. The molecule has 2 unspecified atom stereocenters. The van der Waals surface area contributed by atoms with Crippen molar-refractivity contribution in [2.75, 3.05) is 11.4 Å². The summed E-state index contributed by atoms with van der Waals surface area (Å²) in [4.78, 5) is 15.5. The SMILES string of the molecule is C=CCC1C(O)N(c2cc(C3CCC3)on2)C(=O)N1CC=C. The van der Waals surface area contributed by atoms with Crippen molar-refractivity contribution >= 4 is 11.8 Å². The highest BCUT2D eigenvalue weighted by Gasteiger charge is 2.45. The third kappa shape index (κ3) is 2.33. The molecule has 0 bridgehead atoms. The fourth-order valence-electron chi connectivity index (χ4n) is 3.01. The van der Waals surface area contributed by atoms with E-state index in [1.807, 2.05) is 0 Å². The monoisotopic (exact) mass is 303 g/mol. The van der Waals surface area contributed by atoms with Gasteiger partial charge in [-0.2, -0.15) is 0 Å². The van der Waals surface area contributed by atoms with Crippen molar-refractivity contribution in [1.29, 1.82) is 0 Å². The molecule has 1 aliphatic carbocycles. The normalized spacial score (nSPS) is 25.4. The average molecular weight is 303 g/mol. The van der Waals surface area contributed by atoms with Crippen LogP contribution in [0.15, 0.2) is 35.9 Å². The van der Waals surface area contributed by atoms with E-state index in [0.717, 1.165) is 18.6 Å². The van der Waals surface area contributed by atoms with E-state index >= 15 is 0 Å². The van der Waals surface area contributed by atoms with Crippen molar-refractivity contribution < 1.29 is 14.4 Å². The summed E-state index contributed by atoms with van der Waals surface area (Å²) in [5.41, 5.74) is 0. The molecule has 2 fully saturated rings. The number of hydrogen-bond donors (Lipinski definition) is 1. The highest BCUT2D eigenvalue weighted by atomic mass is 16.5. The average Bonchev–Trinajstić information content (AvgIpc) is 2.97. The van der Waals surface area contributed by atoms with Gasteiger partial charge in [0.2, 0.25) is 0 Å². The van der Waals surface area contributed by atoms with Gasteiger partial charge in [-0.1, -0.05) is 23.7 Å². The Bertz CT molecular complexity index is 579. The first-order valence-corrected chi connectivity index (χ1v) is 7.63. The summed E-state index contributed by atoms with van der Waals surface area (Å²) in [5.74, 6) is 1.56. The Labute approximate surface area is 129 Å². The van der Waals surface area contributed by atoms with Gasteiger partial charge in [-0.15, -0.1) is 13.2 Å². The van der Waals surface area contributed by atoms with Crippen LogP contribution in [0.1, 0.15) is 37.4 Å². The topological polar surface area (TPSA) is 69.8 Å². The Balaban J connectivity index is 1.85. The van der Waals surface area contributed by atoms with Gasteiger partial charge in [0.15, 0.2) is 12.0 Å². The predicted molar refractivity (Wildman–Crippen MR) is 82.5 cm³/mol. The number of aromatic nitrogens is 1. The molecule has 2 atom stereocenters. The molecule has 2 amide bonds. The Morgan fingerprint density at radius 3 is 2.77 bits per heavy atom. The predicted octanol–water partition coefficient (Wildman–Crippen LogP) is 2.63. The maximum Gasteiger partial charge on any atom is 0.328 e. The number of urea groups is 1. The van der Waals surface area contributed by atoms with Gasteiger partial charge in [-0.3, -0.25) is 0 Å². The van der Waals surface area contributed by atoms with Crippen LogP contribution in [0.5, 0.6) is 0 Å². The number of aliphatic hydroxyl groups is 1. The fraction of sp³-hybridized carbons (Fsp3) is 0.500. The highest BCUT2D eigenvalue weighted by Crippen LogP contribution is 2.38. The van der Waals surface area contributed by atoms with E-state index in [-0.39, 0.29) is 12.1 Å². The van der Waals surface area contributed by atoms with Crippen molar-refractivity contribution in [3.8, 4) is 0 Å². The van der Waals surface area contributed by atoms with E-state index in [1.54, 1.807) is 23.1 Å². The van der Waals surface area contributed by atoms with Crippen LogP contribution in [0.2, 0.25) is 0 Å². The van der Waals surface area contributed by atoms with Crippen LogP contribution < -0.4 is 4.90 Å². The first-order chi connectivity index (χ1) is 10.7. The van der Waals surface area contributed by atoms with Gasteiger partial charge in [-0.05, 0) is 19.3 Å². The van der Waals surface area contributed by atoms with E-state index in [0.29, 0.717) is 24.7 Å². The van der Waals surface area contributed by atoms with Gasteiger partial charge < -0.3 is 14.5 Å². The Morgan fingerprint density at radius 2 is 2.18 bits per heavy atom. The molecule has 22 heavy (non-hydrogen) atoms. The zero-order valence-corrected chi connectivity index (χ0v) is 12.5. The Morgan fingerprint density at radius 1 is 1.41 bits per heavy atom. The number of anilines is 1. The van der Waals surface area contributed by atoms with E-state index in [4.69, 9.17) is 4.52 Å². The molecule has 1 aliphatic heterocycles. The van der Waals surface area contributed by atoms with Crippen molar-refractivity contribution in [1.82, 2.24) is 10.1 Å². The van der Waals surface area contributed by atoms with Gasteiger partial charge in [-0.25, -0.2) is 9.69 Å². The molecular formula is C16H21N3O3. The van der Waals surface area contributed by atoms with Crippen LogP contribution in [-0.4, -0.2) is 40.0 Å². The van der Waals surface area contributed by atoms with Crippen molar-refractivity contribution in [2.24, 2.45) is 0 Å². The molecule has 2 heterocycles. The van der Waals surface area contributed by atoms with Gasteiger partial charge >= 0.3 is 6.03 Å². The summed E-state index contributed by atoms with van der Waals surface area (Å²) in [7, 11) is 0. The lowest BCUT2D eigenvalue weighted by Gasteiger charge is -2.22. The lowest BCUT2D eigenvalue weighted by molar-refractivity contribution is 0.124. The van der Waals surface area contributed by atoms with Crippen LogP contribution >= 0.6 is 0 Å². The summed E-state index contributed by atoms with van der Waals surface area (Å²) in [5, 5.41) is 14.5. The van der Waals surface area contributed by atoms with Crippen LogP contribution in [0.4, 0.5) is 10.6 Å². The molecule has 2 aliphatic rings. The fourth-order valence-corrected chi connectivity index (χ4v) is 3.01. The van der Waals surface area contributed by atoms with E-state index in [9.17, 15) is 9.90 Å². The van der Waals surface area contributed by atoms with E-state index in [2.05, 4.69) is 18.3 Å². The zero-order chi connectivity index (χ0) is 15.7. The molecule has 0 spiro atoms. The number of rotatable bonds is 6. The maximum atomic E-state index is 12.6. The van der Waals surface area contributed by atoms with E-state index in [1.165, 1.54) is 11.3 Å². The lowest BCUT2D eigenvalue weighted by Crippen LogP contribution is -2.37. The summed E-state index contributed by atoms with van der Waals surface area (Å²) in [6, 6.07) is 1.13. The standard InChI is InChI=1S/C16H21N3O3/c1-3-6-12-15(20)19(16(21)18(12)9-4-2)14-10-13(22-17-14)11-7-5-8-11/h3-4,10-12,15,20H,1-2,5-9H2. The summed E-state index contributed by atoms with van der Waals surface area (Å²) < 4.78 is 5.35. The number of aliphatic hydroxyl groups excluding tert-OH is 1. The quantitative estimate of drug-likeness (QED) is 0.820. The molecule has 0 radical (unpaired) electrons. The molecule has 0 aromatic carbocycles. The number of hydrogen-bond acceptors (Lipinski definition) is 4. The Kier molecular flexibility index (Phi) is 4.02. The highest BCUT2D eigenvalue weighted by molar-refractivity contribution is 5.94. The van der Waals surface area contributed by atoms with Crippen LogP contribution in [0.25, 0.3) is 0 Å². The van der Waals surface area contributed by atoms with Crippen LogP contribution in [-0.2, 0) is 0 Å². The number of nitrogens with zero attached hydrogens (tertiary/aromatic N) is 3. The van der Waals surface area contributed by atoms with Crippen molar-refractivity contribution in [3.05, 3.63) is 37.1 Å². The van der Waals surface area contributed by atoms with Gasteiger partial charge in [0.1, 0.15) is 5.76 Å². The molecule has 1 saturated heterocycles. The van der Waals surface area contributed by atoms with Crippen molar-refractivity contribution in [2.45, 2.75) is 43.9 Å². The first-order valence-electron chi connectivity index (χ1n) is 7.63. The summed E-state index contributed by atoms with van der Waals surface area (Å²) in [6.45, 7) is 7.74. The number of carbonyl (C=O) groups excluding carboxylic acids is 1. The second kappa shape index (κ2) is 5.96. The van der Waals surface area contributed by atoms with Gasteiger partial charge in [0.25, 0.3) is 0 Å². The molecule has 1 N–H and O–H groups in total. The Hall–Kier alpha value is -2.08. The van der Waals surface area contributed by atoms with Gasteiger partial charge in [0.05, 0.1) is 6.04 Å². The minimum Gasteiger partial charge on any atom is -0.371 e. The third-order valence-electron chi connectivity index (χ3n) is 4.47. The molecule has 6 nitrogen and oxygen atoms in total. The van der Waals surface area contributed by atoms with Crippen LogP contribution in [0.3, 0.4) is 0 Å². The molecule has 118 valence electrons. The van der Waals surface area contributed by atoms with Gasteiger partial charge in [0, 0.05) is 18.5 Å². The molecule has 1 aromatic heterocycles. The third-order valence-corrected chi connectivity index (χ3v) is 4.47. The second-order valence-corrected chi connectivity index (χ2v) is 5.81. The molecule has 1 saturated carbocycles. The van der Waals surface area contributed by atoms with Crippen molar-refractivity contribution in [3.63, 3.8) is 0 Å². The molecule has 6 heteroatoms. The largest absolute Gasteiger partial charge is 0.371 e. The smallest absolute Gasteiger partial charge is 0.328 e. The maximum absolute atomic E-state index is 12.6. The van der Waals surface area contributed by atoms with Crippen LogP contribution in [0, 0.1) is 0 Å². The second-order valence-electron chi connectivity index (χ2n) is 5.81. The summed E-state index contributed by atoms with van der Waals surface area (Å²) >= 11 is 0. The number of carbonyl (C=O) groups is 1. The zero-order valence-electron chi connectivity index (χ0n) is 12.5. The first kappa shape index (κ1) is 14.8.